The number of nitro benzene ring substituents is 1. The van der Waals surface area contributed by atoms with Crippen molar-refractivity contribution in [2.45, 2.75) is 38.9 Å². The summed E-state index contributed by atoms with van der Waals surface area (Å²) in [6, 6.07) is 19.4. The second-order valence-electron chi connectivity index (χ2n) is 8.75. The highest BCUT2D eigenvalue weighted by Crippen LogP contribution is 2.32. The third-order valence-corrected chi connectivity index (χ3v) is 6.23. The van der Waals surface area contributed by atoms with Gasteiger partial charge in [0.05, 0.1) is 17.1 Å². The van der Waals surface area contributed by atoms with E-state index in [1.165, 1.54) is 30.3 Å². The summed E-state index contributed by atoms with van der Waals surface area (Å²) in [5, 5.41) is 42.8. The first kappa shape index (κ1) is 25.9. The molecular formula is C29H31NO5. The molecule has 3 rings (SSSR count). The molecule has 3 aromatic rings. The second-order valence-corrected chi connectivity index (χ2v) is 8.75. The first-order chi connectivity index (χ1) is 16.7. The van der Waals surface area contributed by atoms with Crippen molar-refractivity contribution in [3.8, 4) is 5.75 Å². The summed E-state index contributed by atoms with van der Waals surface area (Å²) in [6.45, 7) is 7.51. The summed E-state index contributed by atoms with van der Waals surface area (Å²) >= 11 is 0. The summed E-state index contributed by atoms with van der Waals surface area (Å²) in [6.07, 6.45) is 2.56. The van der Waals surface area contributed by atoms with E-state index >= 15 is 0 Å². The zero-order chi connectivity index (χ0) is 25.5. The maximum absolute atomic E-state index is 11.0. The standard InChI is InChI=1S/C29H31NO5/c1-4-26(29(33)23-10-13-25(14-11-23)30(34)35)27(31)15-12-24(22-8-6-5-7-9-22)18-21-16-19(2)28(32)20(3)17-21/h4-11,13-14,16-18,26-27,29,31-33H,1,12,15H2,2-3H3/b24-18-/t26-,27-,29-/m1/s1. The van der Waals surface area contributed by atoms with Crippen molar-refractivity contribution in [1.82, 2.24) is 0 Å². The van der Waals surface area contributed by atoms with Gasteiger partial charge in [-0.1, -0.05) is 42.5 Å². The van der Waals surface area contributed by atoms with Crippen LogP contribution in [0.1, 0.15) is 46.8 Å². The number of aromatic hydroxyl groups is 1. The zero-order valence-corrected chi connectivity index (χ0v) is 20.0. The van der Waals surface area contributed by atoms with Gasteiger partial charge in [0.1, 0.15) is 5.75 Å². The number of non-ortho nitro benzene ring substituents is 1. The minimum absolute atomic E-state index is 0.0611. The molecule has 0 aliphatic carbocycles. The van der Waals surface area contributed by atoms with Crippen LogP contribution in [0.2, 0.25) is 0 Å². The highest BCUT2D eigenvalue weighted by Gasteiger charge is 2.26. The van der Waals surface area contributed by atoms with Crippen molar-refractivity contribution in [2.24, 2.45) is 5.92 Å². The van der Waals surface area contributed by atoms with Crippen LogP contribution in [0.5, 0.6) is 5.75 Å². The lowest BCUT2D eigenvalue weighted by Crippen LogP contribution is -2.25. The lowest BCUT2D eigenvalue weighted by molar-refractivity contribution is -0.384. The van der Waals surface area contributed by atoms with E-state index in [1.807, 2.05) is 56.3 Å². The molecule has 35 heavy (non-hydrogen) atoms. The van der Waals surface area contributed by atoms with Crippen LogP contribution in [-0.4, -0.2) is 26.3 Å². The summed E-state index contributed by atoms with van der Waals surface area (Å²) in [4.78, 5) is 10.4. The van der Waals surface area contributed by atoms with Gasteiger partial charge >= 0.3 is 0 Å². The van der Waals surface area contributed by atoms with E-state index in [9.17, 15) is 25.4 Å². The van der Waals surface area contributed by atoms with Crippen LogP contribution >= 0.6 is 0 Å². The first-order valence-corrected chi connectivity index (χ1v) is 11.5. The number of aliphatic hydroxyl groups is 2. The molecule has 0 aromatic heterocycles. The smallest absolute Gasteiger partial charge is 0.269 e. The maximum atomic E-state index is 11.0. The summed E-state index contributed by atoms with van der Waals surface area (Å²) in [5.74, 6) is -0.362. The highest BCUT2D eigenvalue weighted by atomic mass is 16.6. The van der Waals surface area contributed by atoms with Gasteiger partial charge in [0, 0.05) is 18.1 Å². The number of aliphatic hydroxyl groups excluding tert-OH is 2. The molecule has 0 unspecified atom stereocenters. The minimum atomic E-state index is -1.05. The largest absolute Gasteiger partial charge is 0.507 e. The predicted octanol–water partition coefficient (Wildman–Crippen LogP) is 6.13. The summed E-state index contributed by atoms with van der Waals surface area (Å²) < 4.78 is 0. The minimum Gasteiger partial charge on any atom is -0.507 e. The molecule has 0 bridgehead atoms. The Kier molecular flexibility index (Phi) is 8.58. The number of phenolic OH excluding ortho intramolecular Hbond substituents is 1. The zero-order valence-electron chi connectivity index (χ0n) is 20.0. The Hall–Kier alpha value is -3.74. The van der Waals surface area contributed by atoms with E-state index in [1.54, 1.807) is 0 Å². The Morgan fingerprint density at radius 1 is 1.03 bits per heavy atom. The molecule has 0 spiro atoms. The van der Waals surface area contributed by atoms with Crippen LogP contribution in [0, 0.1) is 29.9 Å². The lowest BCUT2D eigenvalue weighted by atomic mass is 9.87. The third-order valence-electron chi connectivity index (χ3n) is 6.23. The van der Waals surface area contributed by atoms with E-state index in [2.05, 4.69) is 12.7 Å². The molecule has 182 valence electrons. The van der Waals surface area contributed by atoms with Crippen molar-refractivity contribution in [1.29, 1.82) is 0 Å². The van der Waals surface area contributed by atoms with Crippen molar-refractivity contribution in [3.63, 3.8) is 0 Å². The lowest BCUT2D eigenvalue weighted by Gasteiger charge is -2.25. The van der Waals surface area contributed by atoms with E-state index < -0.39 is 23.0 Å². The number of benzene rings is 3. The fourth-order valence-corrected chi connectivity index (χ4v) is 4.23. The van der Waals surface area contributed by atoms with Gasteiger partial charge in [0.2, 0.25) is 0 Å². The molecule has 0 fully saturated rings. The Balaban J connectivity index is 1.81. The SMILES string of the molecule is C=C[C@H]([C@H](O)CC/C(=C/c1cc(C)c(O)c(C)c1)c1ccccc1)[C@H](O)c1ccc([N+](=O)[O-])cc1. The van der Waals surface area contributed by atoms with Crippen LogP contribution in [0.15, 0.2) is 79.4 Å². The summed E-state index contributed by atoms with van der Waals surface area (Å²) in [5.41, 5.74) is 5.00. The quantitative estimate of drug-likeness (QED) is 0.142. The van der Waals surface area contributed by atoms with Crippen molar-refractivity contribution < 1.29 is 20.2 Å². The molecular weight excluding hydrogens is 442 g/mol. The third kappa shape index (κ3) is 6.44. The normalized spacial score (nSPS) is 14.2. The number of aryl methyl sites for hydroxylation is 2. The van der Waals surface area contributed by atoms with E-state index in [0.29, 0.717) is 18.4 Å². The fraction of sp³-hybridized carbons (Fsp3) is 0.241. The van der Waals surface area contributed by atoms with Crippen LogP contribution in [0.4, 0.5) is 5.69 Å². The highest BCUT2D eigenvalue weighted by molar-refractivity contribution is 5.82. The molecule has 0 saturated carbocycles. The van der Waals surface area contributed by atoms with Crippen LogP contribution < -0.4 is 0 Å². The average Bonchev–Trinajstić information content (AvgIpc) is 2.85. The topological polar surface area (TPSA) is 104 Å². The molecule has 6 nitrogen and oxygen atoms in total. The number of allylic oxidation sites excluding steroid dienone is 1. The van der Waals surface area contributed by atoms with E-state index in [-0.39, 0.29) is 11.4 Å². The second kappa shape index (κ2) is 11.6. The number of hydrogen-bond acceptors (Lipinski definition) is 5. The molecule has 0 saturated heterocycles. The monoisotopic (exact) mass is 473 g/mol. The molecule has 0 amide bonds. The molecule has 3 N–H and O–H groups in total. The Bertz CT molecular complexity index is 1180. The van der Waals surface area contributed by atoms with Crippen LogP contribution in [-0.2, 0) is 0 Å². The number of nitrogens with zero attached hydrogens (tertiary/aromatic N) is 1. The van der Waals surface area contributed by atoms with Gasteiger partial charge in [-0.15, -0.1) is 6.58 Å². The number of hydrogen-bond donors (Lipinski definition) is 3. The van der Waals surface area contributed by atoms with Gasteiger partial charge in [-0.2, -0.15) is 0 Å². The van der Waals surface area contributed by atoms with Gasteiger partial charge in [0.25, 0.3) is 5.69 Å². The molecule has 0 aliphatic heterocycles. The maximum Gasteiger partial charge on any atom is 0.269 e. The fourth-order valence-electron chi connectivity index (χ4n) is 4.23. The van der Waals surface area contributed by atoms with Crippen LogP contribution in [0.3, 0.4) is 0 Å². The van der Waals surface area contributed by atoms with Gasteiger partial charge in [-0.3, -0.25) is 10.1 Å². The average molecular weight is 474 g/mol. The van der Waals surface area contributed by atoms with Gasteiger partial charge in [-0.05, 0) is 84.3 Å². The molecule has 0 aliphatic rings. The Morgan fingerprint density at radius 2 is 1.63 bits per heavy atom. The summed E-state index contributed by atoms with van der Waals surface area (Å²) in [7, 11) is 0. The predicted molar refractivity (Wildman–Crippen MR) is 139 cm³/mol. The van der Waals surface area contributed by atoms with Crippen molar-refractivity contribution >= 4 is 17.3 Å². The number of rotatable bonds is 10. The molecule has 3 atom stereocenters. The van der Waals surface area contributed by atoms with E-state index in [0.717, 1.165) is 27.8 Å². The van der Waals surface area contributed by atoms with Gasteiger partial charge < -0.3 is 15.3 Å². The molecule has 6 heteroatoms. The number of nitro groups is 1. The molecule has 0 heterocycles. The van der Waals surface area contributed by atoms with Crippen molar-refractivity contribution in [3.05, 3.63) is 117 Å². The van der Waals surface area contributed by atoms with Crippen molar-refractivity contribution in [2.75, 3.05) is 0 Å². The van der Waals surface area contributed by atoms with Gasteiger partial charge in [-0.25, -0.2) is 0 Å². The molecule has 0 radical (unpaired) electrons. The number of phenols is 1. The Labute approximate surface area is 205 Å². The molecule has 3 aromatic carbocycles. The van der Waals surface area contributed by atoms with Gasteiger partial charge in [0.15, 0.2) is 0 Å². The Morgan fingerprint density at radius 3 is 2.17 bits per heavy atom. The first-order valence-electron chi connectivity index (χ1n) is 11.5. The van der Waals surface area contributed by atoms with Crippen LogP contribution in [0.25, 0.3) is 11.6 Å². The van der Waals surface area contributed by atoms with E-state index in [4.69, 9.17) is 0 Å².